The first-order valence-electron chi connectivity index (χ1n) is 3.96. The van der Waals surface area contributed by atoms with Gasteiger partial charge in [-0.05, 0) is 13.0 Å². The van der Waals surface area contributed by atoms with Gasteiger partial charge >= 0.3 is 5.97 Å². The number of carboxylic acids is 1. The zero-order valence-corrected chi connectivity index (χ0v) is 14.0. The smallest absolute Gasteiger partial charge is 0.344 e. The van der Waals surface area contributed by atoms with Crippen molar-refractivity contribution in [1.82, 2.24) is 0 Å². The van der Waals surface area contributed by atoms with Crippen LogP contribution in [0.2, 0.25) is 15.1 Å². The summed E-state index contributed by atoms with van der Waals surface area (Å²) in [6, 6.07) is 2.78. The van der Waals surface area contributed by atoms with Gasteiger partial charge in [0.15, 0.2) is 6.10 Å². The van der Waals surface area contributed by atoms with Crippen LogP contribution >= 0.6 is 34.8 Å². The molecule has 1 aromatic carbocycles. The molecule has 1 N–H and O–H groups in total. The van der Waals surface area contributed by atoms with E-state index in [2.05, 4.69) is 0 Å². The van der Waals surface area contributed by atoms with Crippen molar-refractivity contribution in [1.29, 1.82) is 0 Å². The third kappa shape index (κ3) is 4.70. The third-order valence-corrected chi connectivity index (χ3v) is 2.64. The van der Waals surface area contributed by atoms with Crippen molar-refractivity contribution in [3.63, 3.8) is 0 Å². The van der Waals surface area contributed by atoms with Gasteiger partial charge in [-0.2, -0.15) is 0 Å². The summed E-state index contributed by atoms with van der Waals surface area (Å²) in [5.41, 5.74) is 0. The largest absolute Gasteiger partial charge is 0.479 e. The standard InChI is InChI=1S/C9H7Cl3O3.K/c1-4(9(13)14)15-8-3-6(11)5(10)2-7(8)12;/h2-4H,1H3,(H,13,14);. The van der Waals surface area contributed by atoms with Crippen LogP contribution in [-0.2, 0) is 4.79 Å². The fourth-order valence-electron chi connectivity index (χ4n) is 0.835. The summed E-state index contributed by atoms with van der Waals surface area (Å²) >= 11 is 17.2. The second-order valence-corrected chi connectivity index (χ2v) is 4.02. The fourth-order valence-corrected chi connectivity index (χ4v) is 1.42. The number of rotatable bonds is 3. The Bertz CT molecular complexity index is 398. The summed E-state index contributed by atoms with van der Waals surface area (Å²) in [7, 11) is 0. The molecular formula is C9H7Cl3KO3. The van der Waals surface area contributed by atoms with Crippen molar-refractivity contribution in [3.05, 3.63) is 27.2 Å². The van der Waals surface area contributed by atoms with Crippen LogP contribution in [0.15, 0.2) is 12.1 Å². The summed E-state index contributed by atoms with van der Waals surface area (Å²) in [6.07, 6.45) is -1.00. The molecule has 1 aromatic rings. The Morgan fingerprint density at radius 2 is 1.75 bits per heavy atom. The van der Waals surface area contributed by atoms with Gasteiger partial charge in [-0.3, -0.25) is 0 Å². The Hall–Kier alpha value is 0.996. The maximum absolute atomic E-state index is 10.5. The van der Waals surface area contributed by atoms with Crippen LogP contribution in [0.25, 0.3) is 0 Å². The molecule has 3 nitrogen and oxygen atoms in total. The minimum absolute atomic E-state index is 0. The number of hydrogen-bond acceptors (Lipinski definition) is 2. The topological polar surface area (TPSA) is 46.5 Å². The van der Waals surface area contributed by atoms with E-state index in [-0.39, 0.29) is 72.2 Å². The van der Waals surface area contributed by atoms with Gasteiger partial charge < -0.3 is 9.84 Å². The molecule has 0 fully saturated rings. The first-order chi connectivity index (χ1) is 6.91. The molecule has 0 heterocycles. The maximum Gasteiger partial charge on any atom is 0.344 e. The zero-order chi connectivity index (χ0) is 11.6. The molecule has 0 bridgehead atoms. The quantitative estimate of drug-likeness (QED) is 0.689. The predicted molar refractivity (Wildman–Crippen MR) is 65.0 cm³/mol. The summed E-state index contributed by atoms with van der Waals surface area (Å²) in [6.45, 7) is 1.39. The minimum atomic E-state index is -1.09. The average molecular weight is 309 g/mol. The van der Waals surface area contributed by atoms with Crippen molar-refractivity contribution < 1.29 is 14.6 Å². The van der Waals surface area contributed by atoms with Crippen LogP contribution in [-0.4, -0.2) is 68.6 Å². The Kier molecular flexibility index (Phi) is 7.90. The molecule has 16 heavy (non-hydrogen) atoms. The fraction of sp³-hybridized carbons (Fsp3) is 0.222. The maximum atomic E-state index is 10.5. The summed E-state index contributed by atoms with van der Waals surface area (Å²) in [5, 5.41) is 9.40. The Morgan fingerprint density at radius 1 is 1.25 bits per heavy atom. The number of aliphatic carboxylic acids is 1. The van der Waals surface area contributed by atoms with Gasteiger partial charge in [-0.1, -0.05) is 34.8 Å². The van der Waals surface area contributed by atoms with Gasteiger partial charge in [-0.25, -0.2) is 4.79 Å². The molecule has 7 heteroatoms. The molecule has 0 aromatic heterocycles. The summed E-state index contributed by atoms with van der Waals surface area (Å²) in [4.78, 5) is 10.5. The van der Waals surface area contributed by atoms with E-state index < -0.39 is 12.1 Å². The van der Waals surface area contributed by atoms with Gasteiger partial charge in [-0.15, -0.1) is 0 Å². The molecule has 1 atom stereocenters. The van der Waals surface area contributed by atoms with Crippen molar-refractivity contribution in [3.8, 4) is 5.75 Å². The molecule has 0 aliphatic carbocycles. The third-order valence-electron chi connectivity index (χ3n) is 1.63. The van der Waals surface area contributed by atoms with Gasteiger partial charge in [0.1, 0.15) is 5.75 Å². The number of halogens is 3. The number of carboxylic acid groups (broad SMARTS) is 1. The van der Waals surface area contributed by atoms with Crippen LogP contribution in [0.4, 0.5) is 0 Å². The molecule has 1 radical (unpaired) electrons. The number of benzene rings is 1. The van der Waals surface area contributed by atoms with E-state index in [9.17, 15) is 4.79 Å². The second-order valence-electron chi connectivity index (χ2n) is 2.80. The van der Waals surface area contributed by atoms with E-state index >= 15 is 0 Å². The second kappa shape index (κ2) is 7.44. The number of hydrogen-bond donors (Lipinski definition) is 1. The number of carbonyl (C=O) groups is 1. The van der Waals surface area contributed by atoms with E-state index in [0.29, 0.717) is 0 Å². The molecule has 83 valence electrons. The Morgan fingerprint density at radius 3 is 2.25 bits per heavy atom. The van der Waals surface area contributed by atoms with Crippen molar-refractivity contribution >= 4 is 92.2 Å². The van der Waals surface area contributed by atoms with Gasteiger partial charge in [0.05, 0.1) is 15.1 Å². The molecule has 0 saturated carbocycles. The van der Waals surface area contributed by atoms with E-state index in [0.717, 1.165) is 0 Å². The first kappa shape index (κ1) is 17.0. The molecule has 0 aliphatic rings. The molecular weight excluding hydrogens is 302 g/mol. The molecule has 0 amide bonds. The van der Waals surface area contributed by atoms with E-state index in [1.807, 2.05) is 0 Å². The molecule has 1 rings (SSSR count). The van der Waals surface area contributed by atoms with Gasteiger partial charge in [0.25, 0.3) is 0 Å². The molecule has 0 spiro atoms. The van der Waals surface area contributed by atoms with Crippen LogP contribution in [0.3, 0.4) is 0 Å². The predicted octanol–water partition coefficient (Wildman–Crippen LogP) is 3.12. The van der Waals surface area contributed by atoms with Crippen LogP contribution < -0.4 is 4.74 Å². The SMILES string of the molecule is CC(Oc1cc(Cl)c(Cl)cc1Cl)C(=O)O.[K]. The zero-order valence-electron chi connectivity index (χ0n) is 8.63. The van der Waals surface area contributed by atoms with Crippen LogP contribution in [0, 0.1) is 0 Å². The van der Waals surface area contributed by atoms with E-state index in [4.69, 9.17) is 44.6 Å². The van der Waals surface area contributed by atoms with Gasteiger partial charge in [0.2, 0.25) is 0 Å². The first-order valence-corrected chi connectivity index (χ1v) is 5.09. The van der Waals surface area contributed by atoms with Crippen LogP contribution in [0.5, 0.6) is 5.75 Å². The molecule has 1 unspecified atom stereocenters. The molecule has 0 aliphatic heterocycles. The Labute approximate surface area is 150 Å². The van der Waals surface area contributed by atoms with E-state index in [1.165, 1.54) is 19.1 Å². The monoisotopic (exact) mass is 307 g/mol. The summed E-state index contributed by atoms with van der Waals surface area (Å²) in [5.74, 6) is -0.891. The minimum Gasteiger partial charge on any atom is -0.479 e. The number of ether oxygens (including phenoxy) is 1. The van der Waals surface area contributed by atoms with Crippen molar-refractivity contribution in [2.75, 3.05) is 0 Å². The summed E-state index contributed by atoms with van der Waals surface area (Å²) < 4.78 is 5.07. The Balaban J connectivity index is 0.00000225. The molecule has 0 saturated heterocycles. The van der Waals surface area contributed by atoms with Crippen molar-refractivity contribution in [2.45, 2.75) is 13.0 Å². The average Bonchev–Trinajstić information content (AvgIpc) is 2.13. The van der Waals surface area contributed by atoms with Gasteiger partial charge in [0, 0.05) is 57.5 Å². The van der Waals surface area contributed by atoms with E-state index in [1.54, 1.807) is 0 Å². The van der Waals surface area contributed by atoms with Crippen molar-refractivity contribution in [2.24, 2.45) is 0 Å². The van der Waals surface area contributed by atoms with Crippen LogP contribution in [0.1, 0.15) is 6.92 Å². The normalized spacial score (nSPS) is 11.5.